The zero-order valence-corrected chi connectivity index (χ0v) is 10.7. The van der Waals surface area contributed by atoms with Crippen LogP contribution in [0.5, 0.6) is 0 Å². The van der Waals surface area contributed by atoms with Gasteiger partial charge in [-0.3, -0.25) is 9.78 Å². The van der Waals surface area contributed by atoms with Crippen molar-refractivity contribution in [3.63, 3.8) is 0 Å². The van der Waals surface area contributed by atoms with Crippen LogP contribution in [0.2, 0.25) is 0 Å². The summed E-state index contributed by atoms with van der Waals surface area (Å²) in [5, 5.41) is 0. The van der Waals surface area contributed by atoms with Crippen molar-refractivity contribution in [3.05, 3.63) is 53.9 Å². The van der Waals surface area contributed by atoms with E-state index >= 15 is 0 Å². The molecule has 5 nitrogen and oxygen atoms in total. The molecule has 0 saturated carbocycles. The van der Waals surface area contributed by atoms with E-state index < -0.39 is 5.91 Å². The molecule has 98 valence electrons. The standard InChI is InChI=1S/C14H16N4O/c1-18(9-10-4-2-3-7-17-10)11-5-6-13(15)12(8-11)14(16)19/h2-8H,9,15H2,1H3,(H2,16,19). The van der Waals surface area contributed by atoms with Gasteiger partial charge in [0.25, 0.3) is 5.91 Å². The molecule has 1 heterocycles. The molecule has 2 rings (SSSR count). The molecule has 0 saturated heterocycles. The topological polar surface area (TPSA) is 85.2 Å². The highest BCUT2D eigenvalue weighted by Crippen LogP contribution is 2.21. The number of rotatable bonds is 4. The van der Waals surface area contributed by atoms with E-state index in [4.69, 9.17) is 11.5 Å². The Morgan fingerprint density at radius 2 is 2.11 bits per heavy atom. The summed E-state index contributed by atoms with van der Waals surface area (Å²) in [7, 11) is 1.92. The molecule has 0 bridgehead atoms. The van der Waals surface area contributed by atoms with Crippen molar-refractivity contribution < 1.29 is 4.79 Å². The number of nitrogen functional groups attached to an aromatic ring is 1. The van der Waals surface area contributed by atoms with Gasteiger partial charge in [0, 0.05) is 24.6 Å². The van der Waals surface area contributed by atoms with Gasteiger partial charge in [-0.1, -0.05) is 6.07 Å². The van der Waals surface area contributed by atoms with Crippen molar-refractivity contribution in [2.75, 3.05) is 17.7 Å². The third-order valence-electron chi connectivity index (χ3n) is 2.87. The number of hydrogen-bond donors (Lipinski definition) is 2. The third kappa shape index (κ3) is 3.01. The fraction of sp³-hybridized carbons (Fsp3) is 0.143. The quantitative estimate of drug-likeness (QED) is 0.810. The fourth-order valence-electron chi connectivity index (χ4n) is 1.82. The van der Waals surface area contributed by atoms with Crippen LogP contribution in [-0.2, 0) is 6.54 Å². The van der Waals surface area contributed by atoms with Crippen molar-refractivity contribution in [1.29, 1.82) is 0 Å². The molecule has 1 aromatic carbocycles. The van der Waals surface area contributed by atoms with Crippen molar-refractivity contribution >= 4 is 17.3 Å². The summed E-state index contributed by atoms with van der Waals surface area (Å²) in [5.41, 5.74) is 13.5. The summed E-state index contributed by atoms with van der Waals surface area (Å²) in [5.74, 6) is -0.523. The molecule has 1 aromatic heterocycles. The first-order chi connectivity index (χ1) is 9.08. The van der Waals surface area contributed by atoms with Gasteiger partial charge < -0.3 is 16.4 Å². The highest BCUT2D eigenvalue weighted by molar-refractivity contribution is 5.99. The molecule has 5 heteroatoms. The molecule has 2 aromatic rings. The second kappa shape index (κ2) is 5.39. The SMILES string of the molecule is CN(Cc1ccccn1)c1ccc(N)c(C(N)=O)c1. The van der Waals surface area contributed by atoms with Gasteiger partial charge in [0.2, 0.25) is 0 Å². The van der Waals surface area contributed by atoms with E-state index in [-0.39, 0.29) is 0 Å². The van der Waals surface area contributed by atoms with E-state index in [9.17, 15) is 4.79 Å². The molecule has 1 amide bonds. The van der Waals surface area contributed by atoms with Crippen LogP contribution in [0, 0.1) is 0 Å². The third-order valence-corrected chi connectivity index (χ3v) is 2.87. The molecule has 0 spiro atoms. The second-order valence-electron chi connectivity index (χ2n) is 4.31. The minimum Gasteiger partial charge on any atom is -0.398 e. The molecule has 0 unspecified atom stereocenters. The lowest BCUT2D eigenvalue weighted by molar-refractivity contribution is 0.100. The van der Waals surface area contributed by atoms with Gasteiger partial charge >= 0.3 is 0 Å². The lowest BCUT2D eigenvalue weighted by Gasteiger charge is -2.19. The zero-order chi connectivity index (χ0) is 13.8. The summed E-state index contributed by atoms with van der Waals surface area (Å²) in [6.07, 6.45) is 1.75. The molecule has 0 atom stereocenters. The summed E-state index contributed by atoms with van der Waals surface area (Å²) >= 11 is 0. The van der Waals surface area contributed by atoms with E-state index in [1.54, 1.807) is 18.3 Å². The molecular weight excluding hydrogens is 240 g/mol. The van der Waals surface area contributed by atoms with Crippen molar-refractivity contribution in [1.82, 2.24) is 4.98 Å². The second-order valence-corrected chi connectivity index (χ2v) is 4.31. The van der Waals surface area contributed by atoms with Gasteiger partial charge in [-0.05, 0) is 30.3 Å². The van der Waals surface area contributed by atoms with Gasteiger partial charge in [-0.15, -0.1) is 0 Å². The maximum atomic E-state index is 11.3. The summed E-state index contributed by atoms with van der Waals surface area (Å²) in [4.78, 5) is 17.5. The Morgan fingerprint density at radius 1 is 1.32 bits per heavy atom. The monoisotopic (exact) mass is 256 g/mol. The van der Waals surface area contributed by atoms with Gasteiger partial charge in [0.15, 0.2) is 0 Å². The molecular formula is C14H16N4O. The molecule has 4 N–H and O–H groups in total. The maximum Gasteiger partial charge on any atom is 0.250 e. The van der Waals surface area contributed by atoms with Crippen LogP contribution in [-0.4, -0.2) is 17.9 Å². The lowest BCUT2D eigenvalue weighted by atomic mass is 10.1. The summed E-state index contributed by atoms with van der Waals surface area (Å²) < 4.78 is 0. The Morgan fingerprint density at radius 3 is 2.74 bits per heavy atom. The van der Waals surface area contributed by atoms with E-state index in [0.717, 1.165) is 11.4 Å². The maximum absolute atomic E-state index is 11.3. The molecule has 0 radical (unpaired) electrons. The van der Waals surface area contributed by atoms with E-state index in [1.807, 2.05) is 36.2 Å². The first-order valence-electron chi connectivity index (χ1n) is 5.88. The number of aromatic nitrogens is 1. The number of amides is 1. The fourth-order valence-corrected chi connectivity index (χ4v) is 1.82. The van der Waals surface area contributed by atoms with Crippen LogP contribution < -0.4 is 16.4 Å². The number of nitrogens with zero attached hydrogens (tertiary/aromatic N) is 2. The first-order valence-corrected chi connectivity index (χ1v) is 5.88. The minimum absolute atomic E-state index is 0.338. The van der Waals surface area contributed by atoms with Crippen LogP contribution in [0.25, 0.3) is 0 Å². The normalized spacial score (nSPS) is 10.2. The Hall–Kier alpha value is -2.56. The predicted molar refractivity (Wildman–Crippen MR) is 75.7 cm³/mol. The summed E-state index contributed by atoms with van der Waals surface area (Å²) in [6, 6.07) is 11.0. The Kier molecular flexibility index (Phi) is 3.66. The molecule has 19 heavy (non-hydrogen) atoms. The van der Waals surface area contributed by atoms with E-state index in [0.29, 0.717) is 17.8 Å². The van der Waals surface area contributed by atoms with Gasteiger partial charge in [-0.2, -0.15) is 0 Å². The minimum atomic E-state index is -0.523. The summed E-state index contributed by atoms with van der Waals surface area (Å²) in [6.45, 7) is 0.642. The number of primary amides is 1. The average Bonchev–Trinajstić information content (AvgIpc) is 2.40. The Balaban J connectivity index is 2.22. The lowest BCUT2D eigenvalue weighted by Crippen LogP contribution is -2.19. The number of pyridine rings is 1. The zero-order valence-electron chi connectivity index (χ0n) is 10.7. The number of carbonyl (C=O) groups excluding carboxylic acids is 1. The van der Waals surface area contributed by atoms with Gasteiger partial charge in [-0.25, -0.2) is 0 Å². The van der Waals surface area contributed by atoms with Crippen LogP contribution in [0.1, 0.15) is 16.1 Å². The van der Waals surface area contributed by atoms with Crippen molar-refractivity contribution in [2.24, 2.45) is 5.73 Å². The highest BCUT2D eigenvalue weighted by atomic mass is 16.1. The molecule has 0 fully saturated rings. The van der Waals surface area contributed by atoms with Crippen molar-refractivity contribution in [3.8, 4) is 0 Å². The Bertz CT molecular complexity index is 583. The van der Waals surface area contributed by atoms with Crippen molar-refractivity contribution in [2.45, 2.75) is 6.54 Å². The molecule has 0 aliphatic heterocycles. The first kappa shape index (κ1) is 12.9. The van der Waals surface area contributed by atoms with Gasteiger partial charge in [0.1, 0.15) is 0 Å². The van der Waals surface area contributed by atoms with E-state index in [1.165, 1.54) is 0 Å². The Labute approximate surface area is 111 Å². The van der Waals surface area contributed by atoms with Crippen LogP contribution in [0.15, 0.2) is 42.6 Å². The number of anilines is 2. The number of benzene rings is 1. The number of carbonyl (C=O) groups is 1. The average molecular weight is 256 g/mol. The largest absolute Gasteiger partial charge is 0.398 e. The van der Waals surface area contributed by atoms with Crippen LogP contribution in [0.3, 0.4) is 0 Å². The number of nitrogens with two attached hydrogens (primary N) is 2. The predicted octanol–water partition coefficient (Wildman–Crippen LogP) is 1.40. The smallest absolute Gasteiger partial charge is 0.250 e. The van der Waals surface area contributed by atoms with Gasteiger partial charge in [0.05, 0.1) is 17.8 Å². The van der Waals surface area contributed by atoms with Crippen LogP contribution in [0.4, 0.5) is 11.4 Å². The molecule has 0 aliphatic rings. The van der Waals surface area contributed by atoms with E-state index in [2.05, 4.69) is 4.98 Å². The molecule has 0 aliphatic carbocycles. The number of hydrogen-bond acceptors (Lipinski definition) is 4. The van der Waals surface area contributed by atoms with Crippen LogP contribution >= 0.6 is 0 Å². The highest BCUT2D eigenvalue weighted by Gasteiger charge is 2.09.